The molecule has 0 radical (unpaired) electrons. The van der Waals surface area contributed by atoms with E-state index in [9.17, 15) is 4.79 Å². The largest absolute Gasteiger partial charge is 0.481 e. The van der Waals surface area contributed by atoms with Crippen molar-refractivity contribution in [3.05, 3.63) is 0 Å². The number of hydrogen-bond acceptors (Lipinski definition) is 3. The number of carbonyl (C=O) groups is 1. The molecule has 0 aromatic carbocycles. The molecule has 14 heavy (non-hydrogen) atoms. The lowest BCUT2D eigenvalue weighted by Gasteiger charge is -2.20. The third-order valence-electron chi connectivity index (χ3n) is 2.41. The van der Waals surface area contributed by atoms with Crippen molar-refractivity contribution in [3.63, 3.8) is 0 Å². The smallest absolute Gasteiger partial charge is 0.304 e. The van der Waals surface area contributed by atoms with Gasteiger partial charge in [0.15, 0.2) is 0 Å². The minimum Gasteiger partial charge on any atom is -0.481 e. The van der Waals surface area contributed by atoms with Gasteiger partial charge in [0.05, 0.1) is 12.5 Å². The van der Waals surface area contributed by atoms with E-state index in [1.165, 1.54) is 12.8 Å². The average Bonchev–Trinajstić information content (AvgIpc) is 2.94. The van der Waals surface area contributed by atoms with Crippen molar-refractivity contribution in [2.45, 2.75) is 38.1 Å². The van der Waals surface area contributed by atoms with Crippen LogP contribution in [0, 0.1) is 11.3 Å². The molecule has 0 bridgehead atoms. The van der Waals surface area contributed by atoms with E-state index in [0.717, 1.165) is 13.0 Å². The molecular weight excluding hydrogens is 180 g/mol. The van der Waals surface area contributed by atoms with Gasteiger partial charge < -0.3 is 5.11 Å². The summed E-state index contributed by atoms with van der Waals surface area (Å²) in [4.78, 5) is 12.6. The lowest BCUT2D eigenvalue weighted by atomic mass is 10.3. The Labute approximate surface area is 84.1 Å². The van der Waals surface area contributed by atoms with E-state index in [1.807, 2.05) is 0 Å². The van der Waals surface area contributed by atoms with Crippen LogP contribution in [0.1, 0.15) is 32.1 Å². The van der Waals surface area contributed by atoms with Gasteiger partial charge >= 0.3 is 5.97 Å². The molecule has 78 valence electrons. The highest BCUT2D eigenvalue weighted by molar-refractivity contribution is 5.66. The van der Waals surface area contributed by atoms with E-state index in [-0.39, 0.29) is 6.42 Å². The highest BCUT2D eigenvalue weighted by Gasteiger charge is 2.28. The van der Waals surface area contributed by atoms with Gasteiger partial charge in [-0.1, -0.05) is 0 Å². The predicted octanol–water partition coefficient (Wildman–Crippen LogP) is 1.23. The maximum atomic E-state index is 10.4. The summed E-state index contributed by atoms with van der Waals surface area (Å²) in [6.07, 6.45) is 4.00. The molecule has 0 heterocycles. The molecule has 1 saturated carbocycles. The molecule has 1 aliphatic carbocycles. The van der Waals surface area contributed by atoms with Gasteiger partial charge in [0, 0.05) is 19.0 Å². The molecule has 1 N–H and O–H groups in total. The van der Waals surface area contributed by atoms with Crippen molar-refractivity contribution in [1.82, 2.24) is 4.90 Å². The summed E-state index contributed by atoms with van der Waals surface area (Å²) < 4.78 is 0. The van der Waals surface area contributed by atoms with E-state index in [2.05, 4.69) is 11.0 Å². The van der Waals surface area contributed by atoms with Gasteiger partial charge in [0.1, 0.15) is 0 Å². The summed E-state index contributed by atoms with van der Waals surface area (Å²) in [5.41, 5.74) is 0. The zero-order valence-electron chi connectivity index (χ0n) is 8.28. The normalized spacial score (nSPS) is 15.4. The highest BCUT2D eigenvalue weighted by Crippen LogP contribution is 2.27. The van der Waals surface area contributed by atoms with Crippen LogP contribution in [-0.2, 0) is 4.79 Å². The first-order chi connectivity index (χ1) is 6.74. The van der Waals surface area contributed by atoms with Crippen LogP contribution in [-0.4, -0.2) is 35.1 Å². The summed E-state index contributed by atoms with van der Waals surface area (Å²) in [5, 5.41) is 16.9. The summed E-state index contributed by atoms with van der Waals surface area (Å²) in [6.45, 7) is 1.50. The lowest BCUT2D eigenvalue weighted by molar-refractivity contribution is -0.137. The molecule has 1 fully saturated rings. The van der Waals surface area contributed by atoms with Crippen LogP contribution in [0.25, 0.3) is 0 Å². The standard InChI is InChI=1S/C10H16N2O2/c11-6-1-2-7-12(9-3-4-9)8-5-10(13)14/h9H,1-5,7-8H2,(H,13,14). The SMILES string of the molecule is N#CCCCN(CCC(=O)O)C1CC1. The van der Waals surface area contributed by atoms with Crippen molar-refractivity contribution < 1.29 is 9.90 Å². The number of carboxylic acids is 1. The van der Waals surface area contributed by atoms with E-state index < -0.39 is 5.97 Å². The first-order valence-electron chi connectivity index (χ1n) is 5.07. The first-order valence-corrected chi connectivity index (χ1v) is 5.07. The third kappa shape index (κ3) is 4.24. The number of hydrogen-bond donors (Lipinski definition) is 1. The minimum atomic E-state index is -0.740. The second-order valence-corrected chi connectivity index (χ2v) is 3.67. The van der Waals surface area contributed by atoms with Crippen molar-refractivity contribution in [2.24, 2.45) is 0 Å². The van der Waals surface area contributed by atoms with Crippen molar-refractivity contribution in [2.75, 3.05) is 13.1 Å². The van der Waals surface area contributed by atoms with Crippen molar-refractivity contribution >= 4 is 5.97 Å². The summed E-state index contributed by atoms with van der Waals surface area (Å²) in [6, 6.07) is 2.70. The van der Waals surface area contributed by atoms with E-state index in [1.54, 1.807) is 0 Å². The number of carboxylic acid groups (broad SMARTS) is 1. The van der Waals surface area contributed by atoms with Gasteiger partial charge in [-0.3, -0.25) is 9.69 Å². The Hall–Kier alpha value is -1.08. The lowest BCUT2D eigenvalue weighted by Crippen LogP contribution is -2.29. The fourth-order valence-electron chi connectivity index (χ4n) is 1.52. The molecule has 4 heteroatoms. The topological polar surface area (TPSA) is 64.3 Å². The number of aliphatic carboxylic acids is 1. The molecule has 0 aromatic heterocycles. The summed E-state index contributed by atoms with van der Waals surface area (Å²) >= 11 is 0. The number of rotatable bonds is 7. The van der Waals surface area contributed by atoms with E-state index >= 15 is 0 Å². The molecule has 1 rings (SSSR count). The fraction of sp³-hybridized carbons (Fsp3) is 0.800. The number of nitrogens with zero attached hydrogens (tertiary/aromatic N) is 2. The quantitative estimate of drug-likeness (QED) is 0.622. The maximum absolute atomic E-state index is 10.4. The fourth-order valence-corrected chi connectivity index (χ4v) is 1.52. The average molecular weight is 196 g/mol. The van der Waals surface area contributed by atoms with Gasteiger partial charge in [-0.05, 0) is 25.8 Å². The van der Waals surface area contributed by atoms with Crippen LogP contribution < -0.4 is 0 Å². The van der Waals surface area contributed by atoms with Crippen LogP contribution in [0.3, 0.4) is 0 Å². The molecule has 0 aliphatic heterocycles. The molecule has 0 atom stereocenters. The Bertz CT molecular complexity index is 231. The predicted molar refractivity (Wildman–Crippen MR) is 51.7 cm³/mol. The van der Waals surface area contributed by atoms with Crippen LogP contribution >= 0.6 is 0 Å². The van der Waals surface area contributed by atoms with Crippen molar-refractivity contribution in [3.8, 4) is 6.07 Å². The summed E-state index contributed by atoms with van der Waals surface area (Å²) in [7, 11) is 0. The minimum absolute atomic E-state index is 0.211. The third-order valence-corrected chi connectivity index (χ3v) is 2.41. The first kappa shape index (κ1) is 11.0. The monoisotopic (exact) mass is 196 g/mol. The number of unbranched alkanes of at least 4 members (excludes halogenated alkanes) is 1. The molecule has 1 aliphatic rings. The van der Waals surface area contributed by atoms with Gasteiger partial charge in [-0.25, -0.2) is 0 Å². The van der Waals surface area contributed by atoms with Gasteiger partial charge in [0.25, 0.3) is 0 Å². The summed E-state index contributed by atoms with van der Waals surface area (Å²) in [5.74, 6) is -0.740. The Morgan fingerprint density at radius 1 is 1.50 bits per heavy atom. The van der Waals surface area contributed by atoms with Gasteiger partial charge in [-0.15, -0.1) is 0 Å². The van der Waals surface area contributed by atoms with E-state index in [0.29, 0.717) is 19.0 Å². The second kappa shape index (κ2) is 5.61. The van der Waals surface area contributed by atoms with Crippen LogP contribution in [0.5, 0.6) is 0 Å². The van der Waals surface area contributed by atoms with E-state index in [4.69, 9.17) is 10.4 Å². The molecule has 0 aromatic rings. The van der Waals surface area contributed by atoms with Crippen LogP contribution in [0.4, 0.5) is 0 Å². The molecular formula is C10H16N2O2. The highest BCUT2D eigenvalue weighted by atomic mass is 16.4. The maximum Gasteiger partial charge on any atom is 0.304 e. The Balaban J connectivity index is 2.18. The molecule has 0 amide bonds. The second-order valence-electron chi connectivity index (χ2n) is 3.67. The zero-order chi connectivity index (χ0) is 10.4. The van der Waals surface area contributed by atoms with Crippen LogP contribution in [0.2, 0.25) is 0 Å². The Kier molecular flexibility index (Phi) is 4.41. The molecule has 0 saturated heterocycles. The Morgan fingerprint density at radius 2 is 2.21 bits per heavy atom. The molecule has 0 unspecified atom stereocenters. The Morgan fingerprint density at radius 3 is 2.71 bits per heavy atom. The van der Waals surface area contributed by atoms with Crippen LogP contribution in [0.15, 0.2) is 0 Å². The van der Waals surface area contributed by atoms with Crippen molar-refractivity contribution in [1.29, 1.82) is 5.26 Å². The number of nitriles is 1. The zero-order valence-corrected chi connectivity index (χ0v) is 8.28. The molecule has 0 spiro atoms. The van der Waals surface area contributed by atoms with Gasteiger partial charge in [-0.2, -0.15) is 5.26 Å². The van der Waals surface area contributed by atoms with Gasteiger partial charge in [0.2, 0.25) is 0 Å². The molecule has 4 nitrogen and oxygen atoms in total.